The van der Waals surface area contributed by atoms with Gasteiger partial charge in [0.25, 0.3) is 0 Å². The van der Waals surface area contributed by atoms with E-state index < -0.39 is 34.4 Å². The molecule has 0 aromatic heterocycles. The summed E-state index contributed by atoms with van der Waals surface area (Å²) in [4.78, 5) is 0.0528. The fraction of sp³-hybridized carbons (Fsp3) is 0.176. The van der Waals surface area contributed by atoms with E-state index in [1.54, 1.807) is 19.1 Å². The van der Waals surface area contributed by atoms with E-state index in [-0.39, 0.29) is 4.90 Å². The van der Waals surface area contributed by atoms with Crippen LogP contribution in [0.3, 0.4) is 0 Å². The largest absolute Gasteiger partial charge is 0.497 e. The minimum absolute atomic E-state index is 0.0528. The molecule has 134 valence electrons. The number of benzene rings is 2. The molecule has 1 unspecified atom stereocenters. The fourth-order valence-electron chi connectivity index (χ4n) is 1.95. The third-order valence-corrected chi connectivity index (χ3v) is 4.18. The summed E-state index contributed by atoms with van der Waals surface area (Å²) in [5, 5.41) is 0. The summed E-state index contributed by atoms with van der Waals surface area (Å²) in [7, 11) is 1.35. The Hall–Kier alpha value is -2.35. The number of aryl methyl sites for hydroxylation is 1. The zero-order valence-electron chi connectivity index (χ0n) is 13.3. The van der Waals surface area contributed by atoms with Crippen molar-refractivity contribution in [1.29, 1.82) is 0 Å². The maximum absolute atomic E-state index is 14.2. The number of methoxy groups -OCH3 is 1. The first-order valence-corrected chi connectivity index (χ1v) is 8.08. The SMILES string of the molecule is COc1ccc(/C(=C(/F)OS(=O)c2ccc(C)cc2)C(F)(F)F)cc1. The Bertz CT molecular complexity index is 781. The number of allylic oxidation sites excluding steroid dienone is 1. The van der Waals surface area contributed by atoms with Crippen molar-refractivity contribution >= 4 is 16.7 Å². The first-order chi connectivity index (χ1) is 11.7. The number of rotatable bonds is 5. The van der Waals surface area contributed by atoms with E-state index in [0.717, 1.165) is 17.7 Å². The minimum atomic E-state index is -5.03. The highest BCUT2D eigenvalue weighted by atomic mass is 32.2. The van der Waals surface area contributed by atoms with E-state index in [2.05, 4.69) is 4.18 Å². The Balaban J connectivity index is 2.37. The molecular formula is C17H14F4O3S. The van der Waals surface area contributed by atoms with Crippen LogP contribution in [0.25, 0.3) is 5.57 Å². The number of alkyl halides is 3. The van der Waals surface area contributed by atoms with Gasteiger partial charge in [0.15, 0.2) is 0 Å². The zero-order chi connectivity index (χ0) is 18.6. The molecule has 0 fully saturated rings. The highest BCUT2D eigenvalue weighted by Crippen LogP contribution is 2.38. The molecule has 3 nitrogen and oxygen atoms in total. The van der Waals surface area contributed by atoms with Crippen molar-refractivity contribution in [2.45, 2.75) is 18.0 Å². The third-order valence-electron chi connectivity index (χ3n) is 3.22. The quantitative estimate of drug-likeness (QED) is 0.549. The summed E-state index contributed by atoms with van der Waals surface area (Å²) in [6, 6.07) is 8.59. The van der Waals surface area contributed by atoms with Crippen LogP contribution in [-0.4, -0.2) is 17.5 Å². The molecule has 1 atom stereocenters. The molecular weight excluding hydrogens is 360 g/mol. The van der Waals surface area contributed by atoms with Crippen molar-refractivity contribution in [2.75, 3.05) is 7.11 Å². The summed E-state index contributed by atoms with van der Waals surface area (Å²) in [5.74, 6) is 0.315. The Labute approximate surface area is 144 Å². The van der Waals surface area contributed by atoms with Crippen molar-refractivity contribution in [2.24, 2.45) is 0 Å². The summed E-state index contributed by atoms with van der Waals surface area (Å²) >= 11 is -2.41. The summed E-state index contributed by atoms with van der Waals surface area (Å²) in [5.41, 5.74) is -1.26. The molecule has 0 saturated carbocycles. The van der Waals surface area contributed by atoms with Gasteiger partial charge in [0.05, 0.1) is 12.0 Å². The summed E-state index contributed by atoms with van der Waals surface area (Å²) in [6.45, 7) is 1.78. The molecule has 0 saturated heterocycles. The number of hydrogen-bond donors (Lipinski definition) is 0. The average molecular weight is 374 g/mol. The topological polar surface area (TPSA) is 35.5 Å². The molecule has 0 heterocycles. The van der Waals surface area contributed by atoms with Crippen LogP contribution in [0.5, 0.6) is 5.75 Å². The second-order valence-electron chi connectivity index (χ2n) is 5.01. The highest BCUT2D eigenvalue weighted by molar-refractivity contribution is 7.80. The molecule has 0 amide bonds. The standard InChI is InChI=1S/C17H14F4O3S/c1-11-3-9-14(10-4-11)25(22)24-16(18)15(17(19,20)21)12-5-7-13(23-2)8-6-12/h3-10H,1-2H3/b16-15+. The van der Waals surface area contributed by atoms with Crippen molar-refractivity contribution in [1.82, 2.24) is 0 Å². The molecule has 0 aliphatic rings. The normalized spacial score (nSPS) is 13.8. The van der Waals surface area contributed by atoms with E-state index >= 15 is 0 Å². The Morgan fingerprint density at radius 2 is 1.56 bits per heavy atom. The van der Waals surface area contributed by atoms with Gasteiger partial charge < -0.3 is 8.92 Å². The Morgan fingerprint density at radius 3 is 2.04 bits per heavy atom. The molecule has 8 heteroatoms. The van der Waals surface area contributed by atoms with E-state index in [1.807, 2.05) is 0 Å². The molecule has 0 aliphatic heterocycles. The molecule has 0 N–H and O–H groups in total. The summed E-state index contributed by atoms with van der Waals surface area (Å²) < 4.78 is 75.1. The predicted octanol–water partition coefficient (Wildman–Crippen LogP) is 4.94. The van der Waals surface area contributed by atoms with Crippen molar-refractivity contribution < 1.29 is 30.7 Å². The van der Waals surface area contributed by atoms with Crippen molar-refractivity contribution in [3.63, 3.8) is 0 Å². The number of halogens is 4. The van der Waals surface area contributed by atoms with Crippen molar-refractivity contribution in [3.05, 3.63) is 65.7 Å². The second-order valence-corrected chi connectivity index (χ2v) is 6.11. The van der Waals surface area contributed by atoms with Crippen LogP contribution in [0.1, 0.15) is 11.1 Å². The summed E-state index contributed by atoms with van der Waals surface area (Å²) in [6.07, 6.45) is -5.03. The molecule has 0 aliphatic carbocycles. The first kappa shape index (κ1) is 19.0. The van der Waals surface area contributed by atoms with Crippen LogP contribution in [0.2, 0.25) is 0 Å². The van der Waals surface area contributed by atoms with Crippen LogP contribution < -0.4 is 4.74 Å². The second kappa shape index (κ2) is 7.69. The van der Waals surface area contributed by atoms with E-state index in [9.17, 15) is 21.8 Å². The van der Waals surface area contributed by atoms with Gasteiger partial charge in [-0.25, -0.2) is 4.21 Å². The van der Waals surface area contributed by atoms with E-state index in [1.165, 1.54) is 31.4 Å². The minimum Gasteiger partial charge on any atom is -0.497 e. The molecule has 2 aromatic carbocycles. The molecule has 2 aromatic rings. The maximum Gasteiger partial charge on any atom is 0.422 e. The molecule has 0 bridgehead atoms. The van der Waals surface area contributed by atoms with Gasteiger partial charge in [0.1, 0.15) is 11.3 Å². The highest BCUT2D eigenvalue weighted by Gasteiger charge is 2.40. The van der Waals surface area contributed by atoms with Gasteiger partial charge in [0, 0.05) is 0 Å². The zero-order valence-corrected chi connectivity index (χ0v) is 14.1. The smallest absolute Gasteiger partial charge is 0.422 e. The predicted molar refractivity (Wildman–Crippen MR) is 85.7 cm³/mol. The molecule has 0 spiro atoms. The van der Waals surface area contributed by atoms with Crippen LogP contribution in [0.15, 0.2) is 59.4 Å². The van der Waals surface area contributed by atoms with Crippen LogP contribution in [-0.2, 0) is 15.3 Å². The van der Waals surface area contributed by atoms with Gasteiger partial charge in [0.2, 0.25) is 11.1 Å². The van der Waals surface area contributed by atoms with Gasteiger partial charge in [-0.1, -0.05) is 29.8 Å². The van der Waals surface area contributed by atoms with Crippen molar-refractivity contribution in [3.8, 4) is 5.75 Å². The van der Waals surface area contributed by atoms with E-state index in [4.69, 9.17) is 4.74 Å². The van der Waals surface area contributed by atoms with Gasteiger partial charge in [-0.15, -0.1) is 0 Å². The lowest BCUT2D eigenvalue weighted by molar-refractivity contribution is -0.0715. The molecule has 25 heavy (non-hydrogen) atoms. The van der Waals surface area contributed by atoms with Crippen LogP contribution in [0.4, 0.5) is 17.6 Å². The Kier molecular flexibility index (Phi) is 5.84. The lowest BCUT2D eigenvalue weighted by Crippen LogP contribution is -2.14. The van der Waals surface area contributed by atoms with Crippen LogP contribution >= 0.6 is 0 Å². The lowest BCUT2D eigenvalue weighted by Gasteiger charge is -2.14. The molecule has 2 rings (SSSR count). The number of ether oxygens (including phenoxy) is 1. The van der Waals surface area contributed by atoms with Gasteiger partial charge >= 0.3 is 12.2 Å². The average Bonchev–Trinajstić information content (AvgIpc) is 2.54. The fourth-order valence-corrected chi connectivity index (χ4v) is 2.62. The van der Waals surface area contributed by atoms with Gasteiger partial charge in [-0.05, 0) is 36.8 Å². The third kappa shape index (κ3) is 4.82. The van der Waals surface area contributed by atoms with E-state index in [0.29, 0.717) is 5.75 Å². The lowest BCUT2D eigenvalue weighted by atomic mass is 10.1. The first-order valence-electron chi connectivity index (χ1n) is 7.00. The van der Waals surface area contributed by atoms with Gasteiger partial charge in [-0.2, -0.15) is 17.6 Å². The Morgan fingerprint density at radius 1 is 1.00 bits per heavy atom. The maximum atomic E-state index is 14.2. The van der Waals surface area contributed by atoms with Crippen LogP contribution in [0, 0.1) is 6.92 Å². The monoisotopic (exact) mass is 374 g/mol. The molecule has 0 radical (unpaired) electrons. The number of hydrogen-bond acceptors (Lipinski definition) is 3. The van der Waals surface area contributed by atoms with Gasteiger partial charge in [-0.3, -0.25) is 0 Å².